The van der Waals surface area contributed by atoms with Crippen molar-refractivity contribution in [3.05, 3.63) is 52.0 Å². The van der Waals surface area contributed by atoms with Crippen LogP contribution in [0.1, 0.15) is 44.1 Å². The molecule has 0 spiro atoms. The first-order valence-electron chi connectivity index (χ1n) is 12.6. The third kappa shape index (κ3) is 5.60. The largest absolute Gasteiger partial charge is 0.412 e. The zero-order valence-corrected chi connectivity index (χ0v) is 21.2. The van der Waals surface area contributed by atoms with Crippen molar-refractivity contribution in [2.45, 2.75) is 57.0 Å². The summed E-state index contributed by atoms with van der Waals surface area (Å²) >= 11 is 13.3. The van der Waals surface area contributed by atoms with Gasteiger partial charge in [-0.1, -0.05) is 54.6 Å². The lowest BCUT2D eigenvalue weighted by molar-refractivity contribution is -0.133. The third-order valence-electron chi connectivity index (χ3n) is 7.46. The fraction of sp³-hybridized carbons (Fsp3) is 0.481. The Morgan fingerprint density at radius 3 is 2.31 bits per heavy atom. The highest BCUT2D eigenvalue weighted by atomic mass is 35.5. The Kier molecular flexibility index (Phi) is 7.51. The summed E-state index contributed by atoms with van der Waals surface area (Å²) in [4.78, 5) is 27.2. The number of hydrogen-bond donors (Lipinski definition) is 2. The zero-order valence-electron chi connectivity index (χ0n) is 19.7. The van der Waals surface area contributed by atoms with Gasteiger partial charge >= 0.3 is 6.09 Å². The van der Waals surface area contributed by atoms with Gasteiger partial charge in [0, 0.05) is 41.6 Å². The molecule has 35 heavy (non-hydrogen) atoms. The van der Waals surface area contributed by atoms with Crippen LogP contribution in [-0.4, -0.2) is 48.6 Å². The lowest BCUT2D eigenvalue weighted by Gasteiger charge is -2.31. The second-order valence-electron chi connectivity index (χ2n) is 9.85. The SMILES string of the molecule is O=C(NC1CNC1)Oc1ccc(-c2cc(Cl)c(CC3CCN(C4CCCCC4)C3=O)c(Cl)c2)cc1. The standard InChI is InChI=1S/C27H31Cl2N3O3/c28-24-13-19(17-6-8-22(9-7-17)35-27(34)31-20-15-30-16-20)14-25(29)23(24)12-18-10-11-32(26(18)33)21-4-2-1-3-5-21/h6-9,13-14,18,20-21,30H,1-5,10-12,15-16H2,(H,31,34). The summed E-state index contributed by atoms with van der Waals surface area (Å²) in [5.74, 6) is 0.659. The quantitative estimate of drug-likeness (QED) is 0.536. The average molecular weight is 516 g/mol. The topological polar surface area (TPSA) is 70.7 Å². The Morgan fingerprint density at radius 1 is 1.00 bits per heavy atom. The molecule has 1 aliphatic carbocycles. The Morgan fingerprint density at radius 2 is 1.69 bits per heavy atom. The molecule has 0 bridgehead atoms. The van der Waals surface area contributed by atoms with E-state index in [4.69, 9.17) is 27.9 Å². The minimum atomic E-state index is -0.455. The summed E-state index contributed by atoms with van der Waals surface area (Å²) in [5, 5.41) is 7.05. The maximum absolute atomic E-state index is 13.1. The molecule has 2 aliphatic heterocycles. The number of rotatable bonds is 6. The van der Waals surface area contributed by atoms with Crippen molar-refractivity contribution < 1.29 is 14.3 Å². The van der Waals surface area contributed by atoms with E-state index in [1.54, 1.807) is 12.1 Å². The summed E-state index contributed by atoms with van der Waals surface area (Å²) in [6.45, 7) is 2.37. The molecule has 2 N–H and O–H groups in total. The molecule has 0 aromatic heterocycles. The number of carbonyl (C=O) groups is 2. The number of halogens is 2. The fourth-order valence-corrected chi connectivity index (χ4v) is 5.97. The van der Waals surface area contributed by atoms with Gasteiger partial charge in [-0.05, 0) is 66.6 Å². The molecule has 2 heterocycles. The molecule has 1 saturated carbocycles. The molecule has 8 heteroatoms. The Balaban J connectivity index is 1.23. The Labute approximate surface area is 216 Å². The lowest BCUT2D eigenvalue weighted by Crippen LogP contribution is -2.57. The Hall–Kier alpha value is -2.28. The highest BCUT2D eigenvalue weighted by Gasteiger charge is 2.36. The molecule has 2 amide bonds. The molecule has 1 unspecified atom stereocenters. The lowest BCUT2D eigenvalue weighted by atomic mass is 9.93. The van der Waals surface area contributed by atoms with Crippen LogP contribution >= 0.6 is 23.2 Å². The van der Waals surface area contributed by atoms with Crippen molar-refractivity contribution in [1.29, 1.82) is 0 Å². The number of nitrogens with one attached hydrogen (secondary N) is 2. The van der Waals surface area contributed by atoms with Crippen LogP contribution in [0.5, 0.6) is 5.75 Å². The third-order valence-corrected chi connectivity index (χ3v) is 8.13. The van der Waals surface area contributed by atoms with Gasteiger partial charge in [-0.3, -0.25) is 4.79 Å². The molecule has 0 radical (unpaired) electrons. The fourth-order valence-electron chi connectivity index (χ4n) is 5.33. The van der Waals surface area contributed by atoms with Gasteiger partial charge in [0.05, 0.1) is 6.04 Å². The van der Waals surface area contributed by atoms with Gasteiger partial charge in [-0.25, -0.2) is 4.79 Å². The second kappa shape index (κ2) is 10.8. The van der Waals surface area contributed by atoms with Crippen LogP contribution in [0.2, 0.25) is 10.0 Å². The number of benzene rings is 2. The van der Waals surface area contributed by atoms with Crippen LogP contribution < -0.4 is 15.4 Å². The molecule has 3 fully saturated rings. The smallest absolute Gasteiger partial charge is 0.410 e. The van der Waals surface area contributed by atoms with Crippen LogP contribution in [0, 0.1) is 5.92 Å². The molecule has 2 aromatic carbocycles. The number of ether oxygens (including phenoxy) is 1. The zero-order chi connectivity index (χ0) is 24.4. The van der Waals surface area contributed by atoms with Gasteiger partial charge in [-0.2, -0.15) is 0 Å². The predicted molar refractivity (Wildman–Crippen MR) is 138 cm³/mol. The van der Waals surface area contributed by atoms with E-state index in [2.05, 4.69) is 15.5 Å². The summed E-state index contributed by atoms with van der Waals surface area (Å²) in [5.41, 5.74) is 2.63. The molecule has 2 saturated heterocycles. The second-order valence-corrected chi connectivity index (χ2v) is 10.7. The summed E-state index contributed by atoms with van der Waals surface area (Å²) in [6, 6.07) is 11.6. The van der Waals surface area contributed by atoms with Gasteiger partial charge in [0.2, 0.25) is 5.91 Å². The van der Waals surface area contributed by atoms with Crippen LogP contribution in [0.3, 0.4) is 0 Å². The normalized spacial score (nSPS) is 21.1. The first kappa shape index (κ1) is 24.4. The molecule has 6 nitrogen and oxygen atoms in total. The van der Waals surface area contributed by atoms with Crippen LogP contribution in [0.15, 0.2) is 36.4 Å². The minimum Gasteiger partial charge on any atom is -0.410 e. The first-order valence-corrected chi connectivity index (χ1v) is 13.3. The highest BCUT2D eigenvalue weighted by molar-refractivity contribution is 6.36. The van der Waals surface area contributed by atoms with E-state index in [1.807, 2.05) is 24.3 Å². The van der Waals surface area contributed by atoms with Crippen LogP contribution in [0.25, 0.3) is 11.1 Å². The summed E-state index contributed by atoms with van der Waals surface area (Å²) < 4.78 is 5.35. The summed E-state index contributed by atoms with van der Waals surface area (Å²) in [7, 11) is 0. The average Bonchev–Trinajstić information content (AvgIpc) is 3.19. The summed E-state index contributed by atoms with van der Waals surface area (Å²) in [6.07, 6.45) is 6.94. The van der Waals surface area contributed by atoms with Crippen molar-refractivity contribution in [3.8, 4) is 16.9 Å². The van der Waals surface area contributed by atoms with E-state index >= 15 is 0 Å². The number of nitrogens with zero attached hydrogens (tertiary/aromatic N) is 1. The van der Waals surface area contributed by atoms with E-state index in [1.165, 1.54) is 19.3 Å². The highest BCUT2D eigenvalue weighted by Crippen LogP contribution is 2.37. The van der Waals surface area contributed by atoms with E-state index in [9.17, 15) is 9.59 Å². The molecule has 2 aromatic rings. The van der Waals surface area contributed by atoms with Crippen molar-refractivity contribution in [3.63, 3.8) is 0 Å². The molecule has 186 valence electrons. The number of carbonyl (C=O) groups excluding carboxylic acids is 2. The van der Waals surface area contributed by atoms with E-state index in [-0.39, 0.29) is 17.9 Å². The minimum absolute atomic E-state index is 0.0592. The van der Waals surface area contributed by atoms with E-state index in [0.717, 1.165) is 55.6 Å². The van der Waals surface area contributed by atoms with E-state index < -0.39 is 6.09 Å². The number of amides is 2. The van der Waals surface area contributed by atoms with Crippen molar-refractivity contribution in [2.75, 3.05) is 19.6 Å². The molecular weight excluding hydrogens is 485 g/mol. The maximum atomic E-state index is 13.1. The molecular formula is C27H31Cl2N3O3. The van der Waals surface area contributed by atoms with Crippen LogP contribution in [-0.2, 0) is 11.2 Å². The van der Waals surface area contributed by atoms with Gasteiger partial charge in [-0.15, -0.1) is 0 Å². The first-order chi connectivity index (χ1) is 17.0. The number of likely N-dealkylation sites (tertiary alicyclic amines) is 1. The van der Waals surface area contributed by atoms with Crippen molar-refractivity contribution >= 4 is 35.2 Å². The van der Waals surface area contributed by atoms with Gasteiger partial charge in [0.1, 0.15) is 5.75 Å². The van der Waals surface area contributed by atoms with Gasteiger partial charge in [0.25, 0.3) is 0 Å². The van der Waals surface area contributed by atoms with Gasteiger partial charge in [0.15, 0.2) is 0 Å². The predicted octanol–water partition coefficient (Wildman–Crippen LogP) is 5.44. The maximum Gasteiger partial charge on any atom is 0.412 e. The van der Waals surface area contributed by atoms with Gasteiger partial charge < -0.3 is 20.3 Å². The molecule has 1 atom stereocenters. The van der Waals surface area contributed by atoms with Crippen LogP contribution in [0.4, 0.5) is 4.79 Å². The Bertz CT molecular complexity index is 1060. The molecule has 5 rings (SSSR count). The van der Waals surface area contributed by atoms with Crippen molar-refractivity contribution in [2.24, 2.45) is 5.92 Å². The van der Waals surface area contributed by atoms with E-state index in [0.29, 0.717) is 28.3 Å². The molecule has 3 aliphatic rings. The van der Waals surface area contributed by atoms with Crippen molar-refractivity contribution in [1.82, 2.24) is 15.5 Å². The monoisotopic (exact) mass is 515 g/mol. The number of hydrogen-bond acceptors (Lipinski definition) is 4.